The zero-order valence-corrected chi connectivity index (χ0v) is 10.6. The second-order valence-electron chi connectivity index (χ2n) is 4.63. The smallest absolute Gasteiger partial charge is 0.276 e. The van der Waals surface area contributed by atoms with E-state index in [-0.39, 0.29) is 25.1 Å². The predicted molar refractivity (Wildman–Crippen MR) is 67.1 cm³/mol. The predicted octanol–water partition coefficient (Wildman–Crippen LogP) is 1.46. The third kappa shape index (κ3) is 2.49. The third-order valence-electron chi connectivity index (χ3n) is 3.15. The molecule has 0 radical (unpaired) electrons. The first-order valence-electron chi connectivity index (χ1n) is 6.27. The minimum absolute atomic E-state index is 0.0665. The highest BCUT2D eigenvalue weighted by molar-refractivity contribution is 5.20. The van der Waals surface area contributed by atoms with E-state index < -0.39 is 12.0 Å². The van der Waals surface area contributed by atoms with E-state index in [9.17, 15) is 13.6 Å². The summed E-state index contributed by atoms with van der Waals surface area (Å²) in [6.07, 6.45) is 1.97. The molecule has 0 N–H and O–H groups in total. The normalized spacial score (nSPS) is 20.0. The lowest BCUT2D eigenvalue weighted by Gasteiger charge is -2.11. The number of ether oxygens (including phenoxy) is 1. The van der Waals surface area contributed by atoms with Gasteiger partial charge in [0, 0.05) is 24.9 Å². The molecule has 0 amide bonds. The van der Waals surface area contributed by atoms with Crippen LogP contribution in [0.5, 0.6) is 0 Å². The topological polar surface area (TPSA) is 49.0 Å². The number of alkyl halides is 2. The van der Waals surface area contributed by atoms with Gasteiger partial charge < -0.3 is 4.74 Å². The highest BCUT2D eigenvalue weighted by Crippen LogP contribution is 2.44. The molecule has 20 heavy (non-hydrogen) atoms. The van der Waals surface area contributed by atoms with E-state index in [1.165, 1.54) is 10.7 Å². The number of halogens is 2. The van der Waals surface area contributed by atoms with Gasteiger partial charge in [-0.15, -0.1) is 0 Å². The highest BCUT2D eigenvalue weighted by Gasteiger charge is 2.58. The fourth-order valence-electron chi connectivity index (χ4n) is 1.96. The Hall–Kier alpha value is -2.02. The second kappa shape index (κ2) is 4.82. The van der Waals surface area contributed by atoms with Crippen LogP contribution in [0.15, 0.2) is 41.5 Å². The van der Waals surface area contributed by atoms with E-state index in [1.807, 2.05) is 0 Å². The van der Waals surface area contributed by atoms with Gasteiger partial charge in [0.15, 0.2) is 5.82 Å². The van der Waals surface area contributed by atoms with Crippen LogP contribution >= 0.6 is 0 Å². The molecule has 0 saturated heterocycles. The maximum Gasteiger partial charge on any atom is 0.276 e. The summed E-state index contributed by atoms with van der Waals surface area (Å²) in [7, 11) is 0. The largest absolute Gasteiger partial charge is 0.370 e. The second-order valence-corrected chi connectivity index (χ2v) is 4.63. The van der Waals surface area contributed by atoms with Gasteiger partial charge in [-0.25, -0.2) is 23.1 Å². The molecule has 3 rings (SSSR count). The maximum absolute atomic E-state index is 12.7. The van der Waals surface area contributed by atoms with E-state index in [0.29, 0.717) is 5.82 Å². The standard InChI is InChI=1S/C13H13F2N3O2/c14-13(15)9-10(13)20-8-7-18-12(19)4-6-17(18)11-3-1-2-5-16-11/h1-6,10H,7-9H2. The van der Waals surface area contributed by atoms with Gasteiger partial charge in [-0.05, 0) is 12.1 Å². The number of pyridine rings is 1. The van der Waals surface area contributed by atoms with Crippen LogP contribution in [-0.4, -0.2) is 33.0 Å². The summed E-state index contributed by atoms with van der Waals surface area (Å²) in [5, 5.41) is 0. The molecular formula is C13H13F2N3O2. The molecule has 1 unspecified atom stereocenters. The monoisotopic (exact) mass is 281 g/mol. The molecule has 7 heteroatoms. The van der Waals surface area contributed by atoms with Crippen LogP contribution in [0.2, 0.25) is 0 Å². The first-order chi connectivity index (χ1) is 9.58. The molecule has 1 atom stereocenters. The SMILES string of the molecule is O=c1ccn(-c2ccccn2)n1CCOC1CC1(F)F. The van der Waals surface area contributed by atoms with Crippen LogP contribution in [0.4, 0.5) is 8.78 Å². The summed E-state index contributed by atoms with van der Waals surface area (Å²) in [4.78, 5) is 15.9. The number of hydrogen-bond donors (Lipinski definition) is 0. The molecular weight excluding hydrogens is 268 g/mol. The van der Waals surface area contributed by atoms with Crippen LogP contribution in [0.25, 0.3) is 5.82 Å². The lowest BCUT2D eigenvalue weighted by Crippen LogP contribution is -2.25. The molecule has 1 aliphatic carbocycles. The molecule has 2 aromatic heterocycles. The van der Waals surface area contributed by atoms with Crippen molar-refractivity contribution >= 4 is 0 Å². The Kier molecular flexibility index (Phi) is 3.13. The molecule has 0 aliphatic heterocycles. The van der Waals surface area contributed by atoms with Gasteiger partial charge in [-0.2, -0.15) is 0 Å². The van der Waals surface area contributed by atoms with Crippen LogP contribution < -0.4 is 5.56 Å². The van der Waals surface area contributed by atoms with Crippen LogP contribution in [0, 0.1) is 0 Å². The maximum atomic E-state index is 12.7. The molecule has 1 saturated carbocycles. The number of aromatic nitrogens is 3. The zero-order chi connectivity index (χ0) is 14.2. The van der Waals surface area contributed by atoms with Crippen molar-refractivity contribution < 1.29 is 13.5 Å². The van der Waals surface area contributed by atoms with Gasteiger partial charge in [0.25, 0.3) is 11.5 Å². The summed E-state index contributed by atoms with van der Waals surface area (Å²) < 4.78 is 33.4. The molecule has 2 heterocycles. The number of nitrogens with zero attached hydrogens (tertiary/aromatic N) is 3. The van der Waals surface area contributed by atoms with Crippen molar-refractivity contribution in [3.63, 3.8) is 0 Å². The molecule has 1 aliphatic rings. The van der Waals surface area contributed by atoms with Crippen molar-refractivity contribution in [3.05, 3.63) is 47.0 Å². The lowest BCUT2D eigenvalue weighted by molar-refractivity contribution is 0.00939. The van der Waals surface area contributed by atoms with Crippen molar-refractivity contribution in [1.29, 1.82) is 0 Å². The van der Waals surface area contributed by atoms with Gasteiger partial charge in [-0.3, -0.25) is 4.79 Å². The average molecular weight is 281 g/mol. The molecule has 106 valence electrons. The lowest BCUT2D eigenvalue weighted by atomic mass is 10.5. The Labute approximate surface area is 113 Å². The van der Waals surface area contributed by atoms with E-state index in [4.69, 9.17) is 4.74 Å². The minimum Gasteiger partial charge on any atom is -0.370 e. The van der Waals surface area contributed by atoms with E-state index >= 15 is 0 Å². The Balaban J connectivity index is 1.70. The molecule has 1 fully saturated rings. The van der Waals surface area contributed by atoms with Crippen LogP contribution in [-0.2, 0) is 11.3 Å². The molecule has 0 spiro atoms. The summed E-state index contributed by atoms with van der Waals surface area (Å²) in [6.45, 7) is 0.270. The summed E-state index contributed by atoms with van der Waals surface area (Å²) in [5.74, 6) is -2.11. The minimum atomic E-state index is -2.70. The molecule has 2 aromatic rings. The van der Waals surface area contributed by atoms with Crippen molar-refractivity contribution in [2.24, 2.45) is 0 Å². The fraction of sp³-hybridized carbons (Fsp3) is 0.385. The van der Waals surface area contributed by atoms with Crippen molar-refractivity contribution in [3.8, 4) is 5.82 Å². The summed E-state index contributed by atoms with van der Waals surface area (Å²) in [5.41, 5.74) is -0.221. The third-order valence-corrected chi connectivity index (χ3v) is 3.15. The zero-order valence-electron chi connectivity index (χ0n) is 10.6. The molecule has 0 bridgehead atoms. The van der Waals surface area contributed by atoms with Crippen LogP contribution in [0.3, 0.4) is 0 Å². The van der Waals surface area contributed by atoms with Crippen molar-refractivity contribution in [1.82, 2.24) is 14.3 Å². The van der Waals surface area contributed by atoms with Crippen molar-refractivity contribution in [2.75, 3.05) is 6.61 Å². The summed E-state index contributed by atoms with van der Waals surface area (Å²) in [6, 6.07) is 6.73. The molecule has 0 aromatic carbocycles. The average Bonchev–Trinajstić information content (AvgIpc) is 2.87. The van der Waals surface area contributed by atoms with Crippen molar-refractivity contribution in [2.45, 2.75) is 25.0 Å². The number of hydrogen-bond acceptors (Lipinski definition) is 3. The van der Waals surface area contributed by atoms with Gasteiger partial charge in [0.2, 0.25) is 0 Å². The van der Waals surface area contributed by atoms with Gasteiger partial charge >= 0.3 is 0 Å². The fourth-order valence-corrected chi connectivity index (χ4v) is 1.96. The van der Waals surface area contributed by atoms with E-state index in [2.05, 4.69) is 4.98 Å². The Morgan fingerprint density at radius 2 is 2.20 bits per heavy atom. The Morgan fingerprint density at radius 1 is 1.40 bits per heavy atom. The number of rotatable bonds is 5. The van der Waals surface area contributed by atoms with E-state index in [1.54, 1.807) is 35.3 Å². The highest BCUT2D eigenvalue weighted by atomic mass is 19.3. The molecule has 5 nitrogen and oxygen atoms in total. The van der Waals surface area contributed by atoms with Gasteiger partial charge in [-0.1, -0.05) is 6.07 Å². The summed E-state index contributed by atoms with van der Waals surface area (Å²) >= 11 is 0. The van der Waals surface area contributed by atoms with Crippen LogP contribution in [0.1, 0.15) is 6.42 Å². The quantitative estimate of drug-likeness (QED) is 0.833. The van der Waals surface area contributed by atoms with Gasteiger partial charge in [0.1, 0.15) is 6.10 Å². The van der Waals surface area contributed by atoms with Gasteiger partial charge in [0.05, 0.1) is 13.2 Å². The first-order valence-corrected chi connectivity index (χ1v) is 6.27. The van der Waals surface area contributed by atoms with E-state index in [0.717, 1.165) is 0 Å². The Bertz CT molecular complexity index is 651. The Morgan fingerprint density at radius 3 is 2.85 bits per heavy atom. The first kappa shape index (κ1) is 13.0.